The first-order chi connectivity index (χ1) is 10.6. The van der Waals surface area contributed by atoms with Crippen LogP contribution < -0.4 is 0 Å². The van der Waals surface area contributed by atoms with Gasteiger partial charge in [-0.2, -0.15) is 0 Å². The van der Waals surface area contributed by atoms with Crippen LogP contribution in [0.4, 0.5) is 4.39 Å². The van der Waals surface area contributed by atoms with E-state index in [4.69, 9.17) is 4.74 Å². The minimum absolute atomic E-state index is 0.221. The van der Waals surface area contributed by atoms with Crippen molar-refractivity contribution in [2.24, 2.45) is 0 Å². The zero-order valence-electron chi connectivity index (χ0n) is 13.2. The Morgan fingerprint density at radius 1 is 1.23 bits per heavy atom. The van der Waals surface area contributed by atoms with Crippen molar-refractivity contribution in [1.82, 2.24) is 9.47 Å². The Morgan fingerprint density at radius 3 is 2.68 bits per heavy atom. The standard InChI is InChI=1S/C17H23FN2O2/c1-12-13(2)20(17-4-3-14(18)9-16(12)17)11-15(21)10-19-5-7-22-8-6-19/h3-4,9,15,21H,5-8,10-11H2,1-2H3. The van der Waals surface area contributed by atoms with E-state index < -0.39 is 6.10 Å². The van der Waals surface area contributed by atoms with Gasteiger partial charge in [-0.05, 0) is 37.6 Å². The molecule has 1 N–H and O–H groups in total. The maximum atomic E-state index is 13.5. The van der Waals surface area contributed by atoms with Crippen LogP contribution in [0.3, 0.4) is 0 Å². The molecule has 0 amide bonds. The van der Waals surface area contributed by atoms with Crippen LogP contribution in [0.25, 0.3) is 10.9 Å². The smallest absolute Gasteiger partial charge is 0.123 e. The Hall–Kier alpha value is -1.43. The molecule has 1 aromatic carbocycles. The number of rotatable bonds is 4. The molecule has 2 aromatic rings. The van der Waals surface area contributed by atoms with E-state index in [1.807, 2.05) is 13.8 Å². The molecule has 1 atom stereocenters. The van der Waals surface area contributed by atoms with Crippen molar-refractivity contribution in [1.29, 1.82) is 0 Å². The van der Waals surface area contributed by atoms with Gasteiger partial charge < -0.3 is 14.4 Å². The average Bonchev–Trinajstić information content (AvgIpc) is 2.73. The Morgan fingerprint density at radius 2 is 1.95 bits per heavy atom. The van der Waals surface area contributed by atoms with Gasteiger partial charge in [0.15, 0.2) is 0 Å². The Balaban J connectivity index is 1.79. The quantitative estimate of drug-likeness (QED) is 0.940. The number of ether oxygens (including phenoxy) is 1. The predicted molar refractivity (Wildman–Crippen MR) is 84.6 cm³/mol. The molecule has 0 aliphatic carbocycles. The number of β-amino-alcohol motifs (C(OH)–C–C–N with tert-alkyl or cyclic N) is 1. The molecule has 1 saturated heterocycles. The zero-order chi connectivity index (χ0) is 15.7. The number of hydrogen-bond acceptors (Lipinski definition) is 3. The van der Waals surface area contributed by atoms with Gasteiger partial charge in [0.05, 0.1) is 25.9 Å². The Bertz CT molecular complexity index is 662. The zero-order valence-corrected chi connectivity index (χ0v) is 13.2. The molecule has 3 rings (SSSR count). The lowest BCUT2D eigenvalue weighted by Crippen LogP contribution is -2.42. The summed E-state index contributed by atoms with van der Waals surface area (Å²) in [5.41, 5.74) is 3.15. The third-order valence-corrected chi connectivity index (χ3v) is 4.57. The van der Waals surface area contributed by atoms with E-state index in [9.17, 15) is 9.50 Å². The van der Waals surface area contributed by atoms with Crippen molar-refractivity contribution >= 4 is 10.9 Å². The van der Waals surface area contributed by atoms with E-state index in [1.54, 1.807) is 12.1 Å². The molecule has 0 spiro atoms. The molecule has 0 bridgehead atoms. The number of nitrogens with zero attached hydrogens (tertiary/aromatic N) is 2. The van der Waals surface area contributed by atoms with Crippen molar-refractivity contribution in [3.8, 4) is 0 Å². The van der Waals surface area contributed by atoms with Crippen molar-refractivity contribution in [3.63, 3.8) is 0 Å². The first kappa shape index (κ1) is 15.5. The van der Waals surface area contributed by atoms with Gasteiger partial charge >= 0.3 is 0 Å². The number of aryl methyl sites for hydroxylation is 1. The van der Waals surface area contributed by atoms with E-state index in [-0.39, 0.29) is 5.82 Å². The number of aromatic nitrogens is 1. The molecule has 0 radical (unpaired) electrons. The molecule has 1 fully saturated rings. The number of halogens is 1. The van der Waals surface area contributed by atoms with Gasteiger partial charge in [0.1, 0.15) is 5.82 Å². The topological polar surface area (TPSA) is 37.6 Å². The van der Waals surface area contributed by atoms with Crippen LogP contribution in [0.15, 0.2) is 18.2 Å². The maximum Gasteiger partial charge on any atom is 0.123 e. The number of benzene rings is 1. The highest BCUT2D eigenvalue weighted by Gasteiger charge is 2.18. The normalized spacial score (nSPS) is 18.0. The fourth-order valence-corrected chi connectivity index (χ4v) is 3.21. The molecular formula is C17H23FN2O2. The van der Waals surface area contributed by atoms with E-state index in [0.29, 0.717) is 13.1 Å². The molecule has 1 aromatic heterocycles. The van der Waals surface area contributed by atoms with Crippen molar-refractivity contribution in [2.45, 2.75) is 26.5 Å². The molecule has 22 heavy (non-hydrogen) atoms. The summed E-state index contributed by atoms with van der Waals surface area (Å²) in [7, 11) is 0. The summed E-state index contributed by atoms with van der Waals surface area (Å²) in [6.45, 7) is 8.39. The summed E-state index contributed by atoms with van der Waals surface area (Å²) in [5.74, 6) is -0.221. The number of fused-ring (bicyclic) bond motifs is 1. The molecule has 5 heteroatoms. The van der Waals surface area contributed by atoms with Gasteiger partial charge in [-0.3, -0.25) is 4.90 Å². The largest absolute Gasteiger partial charge is 0.390 e. The van der Waals surface area contributed by atoms with E-state index >= 15 is 0 Å². The van der Waals surface area contributed by atoms with Gasteiger partial charge in [0.25, 0.3) is 0 Å². The lowest BCUT2D eigenvalue weighted by molar-refractivity contribution is 0.0116. The van der Waals surface area contributed by atoms with Gasteiger partial charge in [-0.15, -0.1) is 0 Å². The number of hydrogen-bond donors (Lipinski definition) is 1. The van der Waals surface area contributed by atoms with Crippen LogP contribution in [0.2, 0.25) is 0 Å². The molecule has 1 unspecified atom stereocenters. The molecule has 4 nitrogen and oxygen atoms in total. The fraction of sp³-hybridized carbons (Fsp3) is 0.529. The highest BCUT2D eigenvalue weighted by molar-refractivity contribution is 5.85. The minimum Gasteiger partial charge on any atom is -0.390 e. The molecule has 1 aliphatic heterocycles. The highest BCUT2D eigenvalue weighted by atomic mass is 19.1. The molecule has 2 heterocycles. The highest BCUT2D eigenvalue weighted by Crippen LogP contribution is 2.26. The third-order valence-electron chi connectivity index (χ3n) is 4.57. The van der Waals surface area contributed by atoms with Gasteiger partial charge in [0.2, 0.25) is 0 Å². The molecule has 1 aliphatic rings. The number of aliphatic hydroxyl groups is 1. The summed E-state index contributed by atoms with van der Waals surface area (Å²) in [6, 6.07) is 4.85. The van der Waals surface area contributed by atoms with E-state index in [2.05, 4.69) is 9.47 Å². The lowest BCUT2D eigenvalue weighted by Gasteiger charge is -2.29. The van der Waals surface area contributed by atoms with Gasteiger partial charge in [-0.1, -0.05) is 0 Å². The monoisotopic (exact) mass is 306 g/mol. The molecule has 120 valence electrons. The van der Waals surface area contributed by atoms with Crippen LogP contribution in [-0.4, -0.2) is 53.5 Å². The van der Waals surface area contributed by atoms with Crippen LogP contribution in [0.5, 0.6) is 0 Å². The van der Waals surface area contributed by atoms with Crippen LogP contribution in [-0.2, 0) is 11.3 Å². The molecule has 0 saturated carbocycles. The fourth-order valence-electron chi connectivity index (χ4n) is 3.21. The van der Waals surface area contributed by atoms with Crippen molar-refractivity contribution < 1.29 is 14.2 Å². The lowest BCUT2D eigenvalue weighted by atomic mass is 10.1. The summed E-state index contributed by atoms with van der Waals surface area (Å²) < 4.78 is 20.9. The number of aliphatic hydroxyl groups excluding tert-OH is 1. The van der Waals surface area contributed by atoms with Crippen LogP contribution >= 0.6 is 0 Å². The molecular weight excluding hydrogens is 283 g/mol. The average molecular weight is 306 g/mol. The van der Waals surface area contributed by atoms with Crippen molar-refractivity contribution in [2.75, 3.05) is 32.8 Å². The Kier molecular flexibility index (Phi) is 4.47. The summed E-state index contributed by atoms with van der Waals surface area (Å²) in [6.07, 6.45) is -0.447. The van der Waals surface area contributed by atoms with Crippen LogP contribution in [0, 0.1) is 19.7 Å². The SMILES string of the molecule is Cc1c(C)n(CC(O)CN2CCOCC2)c2ccc(F)cc12. The Labute approximate surface area is 130 Å². The first-order valence-electron chi connectivity index (χ1n) is 7.79. The third kappa shape index (κ3) is 3.02. The second-order valence-electron chi connectivity index (χ2n) is 6.05. The summed E-state index contributed by atoms with van der Waals surface area (Å²) in [5, 5.41) is 11.4. The van der Waals surface area contributed by atoms with Gasteiger partial charge in [-0.25, -0.2) is 4.39 Å². The summed E-state index contributed by atoms with van der Waals surface area (Å²) >= 11 is 0. The van der Waals surface area contributed by atoms with Gasteiger partial charge in [0, 0.05) is 36.2 Å². The van der Waals surface area contributed by atoms with Crippen molar-refractivity contribution in [3.05, 3.63) is 35.3 Å². The summed E-state index contributed by atoms with van der Waals surface area (Å²) in [4.78, 5) is 2.22. The van der Waals surface area contributed by atoms with Crippen LogP contribution in [0.1, 0.15) is 11.3 Å². The second kappa shape index (κ2) is 6.36. The first-order valence-corrected chi connectivity index (χ1v) is 7.79. The maximum absolute atomic E-state index is 13.5. The van der Waals surface area contributed by atoms with E-state index in [0.717, 1.165) is 48.5 Å². The number of morpholine rings is 1. The predicted octanol–water partition coefficient (Wildman–Crippen LogP) is 2.09. The van der Waals surface area contributed by atoms with E-state index in [1.165, 1.54) is 6.07 Å². The minimum atomic E-state index is -0.447. The second-order valence-corrected chi connectivity index (χ2v) is 6.05.